The molecule has 4 aliphatic rings. The van der Waals surface area contributed by atoms with E-state index in [1.807, 2.05) is 12.2 Å². The van der Waals surface area contributed by atoms with Gasteiger partial charge in [0.25, 0.3) is 0 Å². The van der Waals surface area contributed by atoms with Crippen molar-refractivity contribution in [3.8, 4) is 33.4 Å². The maximum atomic E-state index is 3.83. The average Bonchev–Trinajstić information content (AvgIpc) is 3.91. The van der Waals surface area contributed by atoms with E-state index in [2.05, 4.69) is 211 Å². The molecule has 11 rings (SSSR count). The van der Waals surface area contributed by atoms with Crippen molar-refractivity contribution in [2.75, 3.05) is 0 Å². The van der Waals surface area contributed by atoms with Crippen molar-refractivity contribution in [1.29, 1.82) is 0 Å². The summed E-state index contributed by atoms with van der Waals surface area (Å²) < 4.78 is 0. The Morgan fingerprint density at radius 1 is 0.607 bits per heavy atom. The van der Waals surface area contributed by atoms with Crippen molar-refractivity contribution in [1.82, 2.24) is 0 Å². The molecule has 0 aromatic heterocycles. The lowest BCUT2D eigenvalue weighted by molar-refractivity contribution is 0.780. The number of hydrogen-bond acceptors (Lipinski definition) is 0. The predicted octanol–water partition coefficient (Wildman–Crippen LogP) is 16.4. The van der Waals surface area contributed by atoms with Crippen LogP contribution in [0.25, 0.3) is 44.5 Å². The third-order valence-electron chi connectivity index (χ3n) is 13.2. The first-order valence-electron chi connectivity index (χ1n) is 21.9. The summed E-state index contributed by atoms with van der Waals surface area (Å²) in [4.78, 5) is 0. The highest BCUT2D eigenvalue weighted by Gasteiger charge is 2.52. The summed E-state index contributed by atoms with van der Waals surface area (Å²) in [6.07, 6.45) is 13.9. The van der Waals surface area contributed by atoms with Crippen LogP contribution in [0.1, 0.15) is 87.7 Å². The maximum Gasteiger partial charge on any atom is 0.0722 e. The van der Waals surface area contributed by atoms with Gasteiger partial charge in [-0.05, 0) is 135 Å². The molecule has 0 nitrogen and oxygen atoms in total. The number of aryl methyl sites for hydroxylation is 3. The van der Waals surface area contributed by atoms with E-state index in [1.165, 1.54) is 95.4 Å². The Kier molecular flexibility index (Phi) is 10.9. The Labute approximate surface area is 363 Å². The van der Waals surface area contributed by atoms with Gasteiger partial charge >= 0.3 is 0 Å². The molecule has 298 valence electrons. The molecule has 0 amide bonds. The van der Waals surface area contributed by atoms with Gasteiger partial charge < -0.3 is 0 Å². The third kappa shape index (κ3) is 6.81. The van der Waals surface area contributed by atoms with Crippen LogP contribution in [0.15, 0.2) is 207 Å². The van der Waals surface area contributed by atoms with Crippen LogP contribution in [-0.4, -0.2) is 0 Å². The second-order valence-corrected chi connectivity index (χ2v) is 16.8. The molecular weight excluding hydrogens is 733 g/mol. The first kappa shape index (κ1) is 39.7. The molecule has 4 aliphatic carbocycles. The zero-order chi connectivity index (χ0) is 42.1. The van der Waals surface area contributed by atoms with Gasteiger partial charge in [-0.15, -0.1) is 0 Å². The van der Waals surface area contributed by atoms with Crippen molar-refractivity contribution in [2.24, 2.45) is 0 Å². The lowest BCUT2D eigenvalue weighted by Crippen LogP contribution is -2.27. The summed E-state index contributed by atoms with van der Waals surface area (Å²) >= 11 is 0. The number of benzene rings is 7. The van der Waals surface area contributed by atoms with Gasteiger partial charge in [0.05, 0.1) is 5.41 Å². The Balaban J connectivity index is 0.000000122. The van der Waals surface area contributed by atoms with Gasteiger partial charge in [0.1, 0.15) is 0 Å². The Morgan fingerprint density at radius 3 is 1.92 bits per heavy atom. The summed E-state index contributed by atoms with van der Waals surface area (Å²) in [6, 6.07) is 57.7. The van der Waals surface area contributed by atoms with Crippen LogP contribution in [0.3, 0.4) is 0 Å². The van der Waals surface area contributed by atoms with Gasteiger partial charge in [0.2, 0.25) is 0 Å². The van der Waals surface area contributed by atoms with Crippen LogP contribution in [-0.2, 0) is 5.41 Å². The fourth-order valence-corrected chi connectivity index (χ4v) is 10.5. The standard InChI is InChI=1S/C26H20.C19H18.C16H16/c1-17-9-8-16-24-25(17)20-12-4-7-15-23(20)26(24)21-13-5-2-10-18(21)19-11-3-6-14-22(19)26;1-4-6-16(5-2)17-11-13-19(14-12-17)18-9-7-15(3)8-10-18;1-3-12-13-6-4-5-7-14(13)15-9-8-11(2)10-16(12)15/h2,4-10,12-16H,3,11H2,1H3;4-14H,1-2H2,3H3;4-10,12H,3H2,1-2H3/b;16-6+;. The van der Waals surface area contributed by atoms with Crippen molar-refractivity contribution in [3.05, 3.63) is 262 Å². The normalized spacial score (nSPS) is 17.1. The van der Waals surface area contributed by atoms with Crippen LogP contribution in [0.4, 0.5) is 0 Å². The van der Waals surface area contributed by atoms with Crippen molar-refractivity contribution in [3.63, 3.8) is 0 Å². The molecule has 0 N–H and O–H groups in total. The smallest absolute Gasteiger partial charge is 0.0722 e. The minimum absolute atomic E-state index is 0.138. The van der Waals surface area contributed by atoms with Gasteiger partial charge in [-0.3, -0.25) is 0 Å². The molecule has 0 bridgehead atoms. The maximum absolute atomic E-state index is 3.83. The molecule has 1 spiro atoms. The monoisotopic (exact) mass is 786 g/mol. The molecule has 0 aliphatic heterocycles. The molecule has 0 saturated carbocycles. The van der Waals surface area contributed by atoms with E-state index in [4.69, 9.17) is 0 Å². The average molecular weight is 787 g/mol. The molecule has 0 heterocycles. The number of rotatable bonds is 5. The molecule has 0 fully saturated rings. The fraction of sp³-hybridized carbons (Fsp3) is 0.148. The highest BCUT2D eigenvalue weighted by atomic mass is 14.5. The summed E-state index contributed by atoms with van der Waals surface area (Å²) in [7, 11) is 0. The van der Waals surface area contributed by atoms with Crippen LogP contribution in [0.2, 0.25) is 0 Å². The molecule has 7 aromatic carbocycles. The SMILES string of the molecule is C=C/C=C(\C=C)c1ccc(-c2ccc(C)cc2)cc1.CCC1c2ccccc2-c2ccc(C)cc21.Cc1cccc2c1-c1ccccc1C21C2=C(CCC=C2)c2ccccc21. The molecule has 2 atom stereocenters. The van der Waals surface area contributed by atoms with Crippen molar-refractivity contribution >= 4 is 11.1 Å². The lowest BCUT2D eigenvalue weighted by Gasteiger charge is -2.32. The van der Waals surface area contributed by atoms with E-state index in [0.717, 1.165) is 24.0 Å². The number of fused-ring (bicyclic) bond motifs is 12. The van der Waals surface area contributed by atoms with E-state index in [-0.39, 0.29) is 5.41 Å². The molecule has 0 heteroatoms. The van der Waals surface area contributed by atoms with E-state index in [0.29, 0.717) is 5.92 Å². The van der Waals surface area contributed by atoms with Crippen molar-refractivity contribution in [2.45, 2.75) is 58.3 Å². The Morgan fingerprint density at radius 2 is 1.21 bits per heavy atom. The van der Waals surface area contributed by atoms with E-state index < -0.39 is 0 Å². The van der Waals surface area contributed by atoms with Gasteiger partial charge in [0.15, 0.2) is 0 Å². The van der Waals surface area contributed by atoms with Crippen LogP contribution < -0.4 is 0 Å². The largest absolute Gasteiger partial charge is 0.0990 e. The third-order valence-corrected chi connectivity index (χ3v) is 13.2. The first-order valence-corrected chi connectivity index (χ1v) is 21.9. The van der Waals surface area contributed by atoms with Crippen LogP contribution in [0.5, 0.6) is 0 Å². The molecular formula is C61H54. The van der Waals surface area contributed by atoms with E-state index in [9.17, 15) is 0 Å². The fourth-order valence-electron chi connectivity index (χ4n) is 10.5. The molecule has 0 radical (unpaired) electrons. The van der Waals surface area contributed by atoms with E-state index in [1.54, 1.807) is 11.6 Å². The Bertz CT molecular complexity index is 2890. The van der Waals surface area contributed by atoms with E-state index >= 15 is 0 Å². The van der Waals surface area contributed by atoms with Gasteiger partial charge in [0, 0.05) is 5.92 Å². The minimum Gasteiger partial charge on any atom is -0.0990 e. The zero-order valence-corrected chi connectivity index (χ0v) is 36.0. The first-order chi connectivity index (χ1) is 29.9. The topological polar surface area (TPSA) is 0 Å². The van der Waals surface area contributed by atoms with Gasteiger partial charge in [-0.1, -0.05) is 219 Å². The predicted molar refractivity (Wildman–Crippen MR) is 262 cm³/mol. The van der Waals surface area contributed by atoms with Crippen LogP contribution in [0, 0.1) is 20.8 Å². The summed E-state index contributed by atoms with van der Waals surface area (Å²) in [5.41, 5.74) is 26.2. The zero-order valence-electron chi connectivity index (χ0n) is 36.0. The van der Waals surface area contributed by atoms with Gasteiger partial charge in [-0.2, -0.15) is 0 Å². The number of hydrogen-bond donors (Lipinski definition) is 0. The minimum atomic E-state index is -0.138. The molecule has 61 heavy (non-hydrogen) atoms. The lowest BCUT2D eigenvalue weighted by atomic mass is 9.69. The van der Waals surface area contributed by atoms with Crippen molar-refractivity contribution < 1.29 is 0 Å². The molecule has 0 saturated heterocycles. The Hall–Kier alpha value is -6.76. The quantitative estimate of drug-likeness (QED) is 0.152. The highest BCUT2D eigenvalue weighted by Crippen LogP contribution is 2.63. The molecule has 2 unspecified atom stereocenters. The number of allylic oxidation sites excluding steroid dienone is 8. The molecule has 7 aromatic rings. The summed E-state index contributed by atoms with van der Waals surface area (Å²) in [5.74, 6) is 0.603. The second kappa shape index (κ2) is 16.7. The second-order valence-electron chi connectivity index (χ2n) is 16.8. The highest BCUT2D eigenvalue weighted by molar-refractivity contribution is 5.96. The van der Waals surface area contributed by atoms with Gasteiger partial charge in [-0.25, -0.2) is 0 Å². The summed E-state index contributed by atoms with van der Waals surface area (Å²) in [5, 5.41) is 0. The van der Waals surface area contributed by atoms with Crippen LogP contribution >= 0.6 is 0 Å². The summed E-state index contributed by atoms with van der Waals surface area (Å²) in [6.45, 7) is 16.4.